The molecule has 0 atom stereocenters. The molecule has 0 fully saturated rings. The van der Waals surface area contributed by atoms with Crippen LogP contribution in [0.2, 0.25) is 0 Å². The Labute approximate surface area is 114 Å². The van der Waals surface area contributed by atoms with E-state index in [1.54, 1.807) is 0 Å². The molecule has 0 aromatic heterocycles. The Hall–Kier alpha value is -2.34. The van der Waals surface area contributed by atoms with Gasteiger partial charge in [0.2, 0.25) is 0 Å². The minimum absolute atomic E-state index is 0.289. The van der Waals surface area contributed by atoms with Crippen LogP contribution in [0.25, 0.3) is 0 Å². The molecule has 3 aromatic carbocycles. The molecule has 0 heterocycles. The van der Waals surface area contributed by atoms with Crippen LogP contribution in [0, 0.1) is 6.07 Å². The summed E-state index contributed by atoms with van der Waals surface area (Å²) in [6.45, 7) is 0. The summed E-state index contributed by atoms with van der Waals surface area (Å²) in [5.41, 5.74) is 3.94. The van der Waals surface area contributed by atoms with Gasteiger partial charge in [-0.25, -0.2) is 0 Å². The molecule has 0 heteroatoms. The zero-order valence-corrected chi connectivity index (χ0v) is 10.7. The quantitative estimate of drug-likeness (QED) is 0.586. The molecule has 0 bridgehead atoms. The first-order valence-corrected chi connectivity index (χ1v) is 6.51. The fourth-order valence-corrected chi connectivity index (χ4v) is 2.46. The van der Waals surface area contributed by atoms with Crippen LogP contribution in [-0.2, 0) is 0 Å². The van der Waals surface area contributed by atoms with Crippen LogP contribution in [0.4, 0.5) is 0 Å². The monoisotopic (exact) mass is 243 g/mol. The molecule has 0 aliphatic rings. The average molecular weight is 243 g/mol. The van der Waals surface area contributed by atoms with Gasteiger partial charge in [-0.2, -0.15) is 0 Å². The average Bonchev–Trinajstić information content (AvgIpc) is 2.51. The van der Waals surface area contributed by atoms with Crippen LogP contribution in [0.1, 0.15) is 22.6 Å². The Kier molecular flexibility index (Phi) is 3.42. The first-order valence-electron chi connectivity index (χ1n) is 6.51. The molecule has 1 radical (unpaired) electrons. The van der Waals surface area contributed by atoms with E-state index >= 15 is 0 Å². The van der Waals surface area contributed by atoms with Gasteiger partial charge in [0.1, 0.15) is 0 Å². The highest BCUT2D eigenvalue weighted by Gasteiger charge is 2.15. The van der Waals surface area contributed by atoms with E-state index in [-0.39, 0.29) is 5.92 Å². The lowest BCUT2D eigenvalue weighted by Gasteiger charge is -2.18. The van der Waals surface area contributed by atoms with Crippen molar-refractivity contribution < 1.29 is 0 Å². The first-order chi connectivity index (χ1) is 9.45. The molecule has 3 rings (SSSR count). The van der Waals surface area contributed by atoms with Crippen molar-refractivity contribution in [3.8, 4) is 0 Å². The molecule has 91 valence electrons. The van der Waals surface area contributed by atoms with E-state index in [1.807, 2.05) is 12.1 Å². The molecule has 19 heavy (non-hydrogen) atoms. The zero-order valence-electron chi connectivity index (χ0n) is 10.7. The van der Waals surface area contributed by atoms with Crippen LogP contribution in [0.5, 0.6) is 0 Å². The van der Waals surface area contributed by atoms with Crippen LogP contribution in [0.3, 0.4) is 0 Å². The number of hydrogen-bond donors (Lipinski definition) is 0. The van der Waals surface area contributed by atoms with Gasteiger partial charge in [0.15, 0.2) is 0 Å². The lowest BCUT2D eigenvalue weighted by molar-refractivity contribution is 0.977. The second-order valence-electron chi connectivity index (χ2n) is 4.59. The van der Waals surface area contributed by atoms with E-state index in [0.29, 0.717) is 0 Å². The van der Waals surface area contributed by atoms with Gasteiger partial charge in [-0.05, 0) is 22.8 Å². The highest BCUT2D eigenvalue weighted by molar-refractivity contribution is 5.42. The molecule has 0 saturated heterocycles. The molecule has 0 aliphatic heterocycles. The molecule has 0 nitrogen and oxygen atoms in total. The Morgan fingerprint density at radius 2 is 0.947 bits per heavy atom. The largest absolute Gasteiger partial charge is 0.0622 e. The lowest BCUT2D eigenvalue weighted by Crippen LogP contribution is -2.02. The fourth-order valence-electron chi connectivity index (χ4n) is 2.46. The molecule has 3 aromatic rings. The molecule has 0 N–H and O–H groups in total. The third kappa shape index (κ3) is 2.58. The third-order valence-electron chi connectivity index (χ3n) is 3.34. The normalized spacial score (nSPS) is 10.6. The van der Waals surface area contributed by atoms with Gasteiger partial charge in [0.25, 0.3) is 0 Å². The number of benzene rings is 3. The van der Waals surface area contributed by atoms with Crippen molar-refractivity contribution in [2.24, 2.45) is 0 Å². The maximum absolute atomic E-state index is 3.09. The van der Waals surface area contributed by atoms with Crippen LogP contribution >= 0.6 is 0 Å². The zero-order chi connectivity index (χ0) is 12.9. The van der Waals surface area contributed by atoms with Gasteiger partial charge in [0, 0.05) is 5.92 Å². The van der Waals surface area contributed by atoms with Gasteiger partial charge < -0.3 is 0 Å². The summed E-state index contributed by atoms with van der Waals surface area (Å²) < 4.78 is 0. The molecule has 0 saturated carbocycles. The predicted octanol–water partition coefficient (Wildman–Crippen LogP) is 4.67. The van der Waals surface area contributed by atoms with E-state index in [9.17, 15) is 0 Å². The van der Waals surface area contributed by atoms with Gasteiger partial charge in [-0.3, -0.25) is 0 Å². The van der Waals surface area contributed by atoms with Crippen molar-refractivity contribution in [2.75, 3.05) is 0 Å². The second kappa shape index (κ2) is 5.53. The Morgan fingerprint density at radius 3 is 1.42 bits per heavy atom. The van der Waals surface area contributed by atoms with Gasteiger partial charge in [0.05, 0.1) is 0 Å². The maximum atomic E-state index is 3.09. The first kappa shape index (κ1) is 11.7. The smallest absolute Gasteiger partial charge is 0.0339 e. The topological polar surface area (TPSA) is 0 Å². The van der Waals surface area contributed by atoms with Crippen LogP contribution in [-0.4, -0.2) is 0 Å². The highest BCUT2D eigenvalue weighted by Crippen LogP contribution is 2.31. The van der Waals surface area contributed by atoms with E-state index in [1.165, 1.54) is 16.7 Å². The van der Waals surface area contributed by atoms with Crippen LogP contribution < -0.4 is 0 Å². The fraction of sp³-hybridized carbons (Fsp3) is 0.0526. The van der Waals surface area contributed by atoms with E-state index in [2.05, 4.69) is 78.9 Å². The van der Waals surface area contributed by atoms with E-state index in [4.69, 9.17) is 0 Å². The molecule has 0 amide bonds. The lowest BCUT2D eigenvalue weighted by atomic mass is 9.85. The highest BCUT2D eigenvalue weighted by atomic mass is 14.2. The molecular formula is C19H15. The standard InChI is InChI=1S/C19H15/c1-4-10-16(11-5-1)19(17-12-6-2-7-13-17)18-14-8-3-9-15-18/h1-2,4-15,19H. The Morgan fingerprint density at radius 1 is 0.526 bits per heavy atom. The summed E-state index contributed by atoms with van der Waals surface area (Å²) in [5.74, 6) is 0.289. The molecule has 0 aliphatic carbocycles. The summed E-state index contributed by atoms with van der Waals surface area (Å²) in [4.78, 5) is 0. The summed E-state index contributed by atoms with van der Waals surface area (Å²) in [6.07, 6.45) is 0. The van der Waals surface area contributed by atoms with Gasteiger partial charge >= 0.3 is 0 Å². The minimum atomic E-state index is 0.289. The maximum Gasteiger partial charge on any atom is 0.0339 e. The summed E-state index contributed by atoms with van der Waals surface area (Å²) in [7, 11) is 0. The number of hydrogen-bond acceptors (Lipinski definition) is 0. The predicted molar refractivity (Wildman–Crippen MR) is 79.1 cm³/mol. The minimum Gasteiger partial charge on any atom is -0.0622 e. The van der Waals surface area contributed by atoms with E-state index < -0.39 is 0 Å². The number of rotatable bonds is 3. The van der Waals surface area contributed by atoms with Crippen molar-refractivity contribution in [3.05, 3.63) is 108 Å². The van der Waals surface area contributed by atoms with Gasteiger partial charge in [-0.15, -0.1) is 0 Å². The molecular weight excluding hydrogens is 228 g/mol. The Bertz CT molecular complexity index is 518. The van der Waals surface area contributed by atoms with Crippen molar-refractivity contribution in [3.63, 3.8) is 0 Å². The van der Waals surface area contributed by atoms with Gasteiger partial charge in [-0.1, -0.05) is 84.9 Å². The van der Waals surface area contributed by atoms with Crippen molar-refractivity contribution in [1.82, 2.24) is 0 Å². The van der Waals surface area contributed by atoms with E-state index in [0.717, 1.165) is 0 Å². The Balaban J connectivity index is 2.12. The summed E-state index contributed by atoms with van der Waals surface area (Å²) in [6, 6.07) is 32.6. The summed E-state index contributed by atoms with van der Waals surface area (Å²) >= 11 is 0. The second-order valence-corrected chi connectivity index (χ2v) is 4.59. The summed E-state index contributed by atoms with van der Waals surface area (Å²) in [5, 5.41) is 0. The molecule has 0 spiro atoms. The molecule has 0 unspecified atom stereocenters. The van der Waals surface area contributed by atoms with Crippen LogP contribution in [0.15, 0.2) is 84.9 Å². The third-order valence-corrected chi connectivity index (χ3v) is 3.34. The van der Waals surface area contributed by atoms with Crippen molar-refractivity contribution >= 4 is 0 Å². The SMILES string of the molecule is [c]1ccc(C(c2ccccc2)c2ccccc2)cc1. The van der Waals surface area contributed by atoms with Crippen molar-refractivity contribution in [2.45, 2.75) is 5.92 Å². The van der Waals surface area contributed by atoms with Crippen molar-refractivity contribution in [1.29, 1.82) is 0 Å².